The molecular formula is C57H61NO10. The first-order valence-corrected chi connectivity index (χ1v) is 23.8. The molecule has 0 bridgehead atoms. The molecule has 68 heavy (non-hydrogen) atoms. The summed E-state index contributed by atoms with van der Waals surface area (Å²) in [5, 5.41) is 2.04. The average Bonchev–Trinajstić information content (AvgIpc) is 4.00. The van der Waals surface area contributed by atoms with Gasteiger partial charge in [-0.1, -0.05) is 182 Å². The van der Waals surface area contributed by atoms with E-state index in [1.165, 1.54) is 0 Å². The minimum Gasteiger partial charge on any atom is -0.373 e. The van der Waals surface area contributed by atoms with E-state index in [1.54, 1.807) is 7.11 Å². The van der Waals surface area contributed by atoms with Gasteiger partial charge in [0.15, 0.2) is 6.29 Å². The van der Waals surface area contributed by atoms with Crippen molar-refractivity contribution in [2.75, 3.05) is 20.3 Å². The lowest BCUT2D eigenvalue weighted by Crippen LogP contribution is -2.63. The van der Waals surface area contributed by atoms with Gasteiger partial charge in [-0.3, -0.25) is 4.84 Å². The van der Waals surface area contributed by atoms with E-state index in [4.69, 9.17) is 47.5 Å². The Morgan fingerprint density at radius 1 is 0.412 bits per heavy atom. The van der Waals surface area contributed by atoms with Crippen LogP contribution in [0, 0.1) is 5.92 Å². The van der Waals surface area contributed by atoms with Crippen LogP contribution in [0.25, 0.3) is 0 Å². The molecule has 0 aromatic heterocycles. The molecule has 10 rings (SSSR count). The second-order valence-electron chi connectivity index (χ2n) is 18.0. The molecule has 0 radical (unpaired) electrons. The smallest absolute Gasteiger partial charge is 0.186 e. The first kappa shape index (κ1) is 46.6. The zero-order valence-corrected chi connectivity index (χ0v) is 38.4. The van der Waals surface area contributed by atoms with Crippen molar-refractivity contribution in [2.45, 2.75) is 107 Å². The van der Waals surface area contributed by atoms with Gasteiger partial charge in [-0.2, -0.15) is 5.06 Å². The Morgan fingerprint density at radius 3 is 1.15 bits per heavy atom. The molecule has 11 heteroatoms. The molecule has 3 aliphatic heterocycles. The number of hydrogen-bond donors (Lipinski definition) is 0. The van der Waals surface area contributed by atoms with Gasteiger partial charge in [-0.05, 0) is 33.4 Å². The highest BCUT2D eigenvalue weighted by molar-refractivity contribution is 5.20. The first-order valence-electron chi connectivity index (χ1n) is 23.8. The van der Waals surface area contributed by atoms with Crippen molar-refractivity contribution in [2.24, 2.45) is 5.92 Å². The monoisotopic (exact) mass is 919 g/mol. The Kier molecular flexibility index (Phi) is 15.8. The van der Waals surface area contributed by atoms with Crippen molar-refractivity contribution < 1.29 is 47.5 Å². The van der Waals surface area contributed by atoms with Crippen molar-refractivity contribution in [3.05, 3.63) is 215 Å². The molecule has 3 saturated heterocycles. The van der Waals surface area contributed by atoms with Gasteiger partial charge in [-0.25, -0.2) is 0 Å². The van der Waals surface area contributed by atoms with Crippen LogP contribution in [-0.2, 0) is 87.1 Å². The van der Waals surface area contributed by atoms with E-state index in [0.29, 0.717) is 52.8 Å². The van der Waals surface area contributed by atoms with Crippen molar-refractivity contribution in [3.63, 3.8) is 0 Å². The van der Waals surface area contributed by atoms with Gasteiger partial charge < -0.3 is 42.6 Å². The van der Waals surface area contributed by atoms with Crippen molar-refractivity contribution in [1.82, 2.24) is 5.06 Å². The van der Waals surface area contributed by atoms with Crippen molar-refractivity contribution >= 4 is 0 Å². The lowest BCUT2D eigenvalue weighted by Gasteiger charge is -2.46. The van der Waals surface area contributed by atoms with Gasteiger partial charge in [0.05, 0.1) is 64.9 Å². The minimum atomic E-state index is -0.785. The second-order valence-corrected chi connectivity index (χ2v) is 18.0. The summed E-state index contributed by atoms with van der Waals surface area (Å²) in [4.78, 5) is 7.22. The van der Waals surface area contributed by atoms with E-state index in [1.807, 2.05) is 126 Å². The molecule has 6 aromatic carbocycles. The van der Waals surface area contributed by atoms with E-state index in [0.717, 1.165) is 33.4 Å². The molecule has 0 unspecified atom stereocenters. The highest BCUT2D eigenvalue weighted by Gasteiger charge is 2.65. The molecular weight excluding hydrogens is 859 g/mol. The van der Waals surface area contributed by atoms with Crippen LogP contribution in [0.5, 0.6) is 0 Å². The van der Waals surface area contributed by atoms with E-state index >= 15 is 0 Å². The van der Waals surface area contributed by atoms with Gasteiger partial charge in [0.1, 0.15) is 48.8 Å². The topological polar surface area (TPSA) is 95.5 Å². The predicted octanol–water partition coefficient (Wildman–Crippen LogP) is 8.88. The molecule has 0 spiro atoms. The van der Waals surface area contributed by atoms with Gasteiger partial charge in [0.25, 0.3) is 0 Å². The zero-order valence-electron chi connectivity index (χ0n) is 38.4. The highest BCUT2D eigenvalue weighted by atomic mass is 16.7. The van der Waals surface area contributed by atoms with Crippen LogP contribution in [0.2, 0.25) is 0 Å². The molecule has 12 atom stereocenters. The summed E-state index contributed by atoms with van der Waals surface area (Å²) in [6.07, 6.45) is -5.48. The fourth-order valence-corrected chi connectivity index (χ4v) is 10.1. The minimum absolute atomic E-state index is 0.106. The van der Waals surface area contributed by atoms with E-state index < -0.39 is 55.1 Å². The fourth-order valence-electron chi connectivity index (χ4n) is 10.1. The number of rotatable bonds is 21. The number of nitrogens with zero attached hydrogens (tertiary/aromatic N) is 1. The lowest BCUT2D eigenvalue weighted by atomic mass is 9.76. The molecule has 1 saturated carbocycles. The van der Waals surface area contributed by atoms with E-state index in [-0.39, 0.29) is 18.1 Å². The summed E-state index contributed by atoms with van der Waals surface area (Å²) in [5.74, 6) is -0.106. The molecule has 11 nitrogen and oxygen atoms in total. The molecule has 3 heterocycles. The Hall–Kier alpha value is -5.12. The van der Waals surface area contributed by atoms with Crippen LogP contribution in [0.3, 0.4) is 0 Å². The molecule has 1 aliphatic carbocycles. The molecule has 0 N–H and O–H groups in total. The van der Waals surface area contributed by atoms with Crippen molar-refractivity contribution in [3.8, 4) is 0 Å². The summed E-state index contributed by atoms with van der Waals surface area (Å²) in [6, 6.07) is 60.9. The van der Waals surface area contributed by atoms with Crippen LogP contribution in [-0.4, -0.2) is 92.6 Å². The Bertz CT molecular complexity index is 2390. The van der Waals surface area contributed by atoms with Crippen molar-refractivity contribution in [1.29, 1.82) is 0 Å². The third-order valence-corrected chi connectivity index (χ3v) is 13.5. The number of hydrogen-bond acceptors (Lipinski definition) is 11. The summed E-state index contributed by atoms with van der Waals surface area (Å²) in [5.41, 5.74) is 6.26. The first-order chi connectivity index (χ1) is 33.7. The van der Waals surface area contributed by atoms with Crippen LogP contribution in [0.15, 0.2) is 182 Å². The lowest BCUT2D eigenvalue weighted by molar-refractivity contribution is -0.331. The number of hydroxylamine groups is 2. The van der Waals surface area contributed by atoms with Gasteiger partial charge in [0, 0.05) is 13.0 Å². The summed E-state index contributed by atoms with van der Waals surface area (Å²) in [7, 11) is 1.65. The quantitative estimate of drug-likeness (QED) is 0.0693. The SMILES string of the molecule is CO[C@H]1O[C@H](CN2O[C@H]3[C@H](OCc4ccccc4)[C@@H](OCc4ccccc4)[C@H](OCc4ccccc4)[C@H]4OC[C@@H]2[C@H]43)[C@@H](OCc2ccccc2)[C@H](OCc2ccccc2)[C@H]1OCc1ccccc1. The number of benzene rings is 6. The molecule has 354 valence electrons. The molecule has 4 aliphatic rings. The Morgan fingerprint density at radius 2 is 0.750 bits per heavy atom. The standard InChI is InChI=1S/C57H61NO10/c1-59-57-56(65-38-45-30-18-7-19-31-45)52(61-34-41-22-10-3-11-23-41)49(60-33-40-20-8-2-9-21-40)47(67-57)32-58-46-39-66-50-48(46)51(68-58)54(63-36-43-26-14-5-15-27-43)55(64-37-44-28-16-6-17-29-44)53(50)62-35-42-24-12-4-13-25-42/h2-31,46-57H,32-39H2,1H3/t46-,47-,48-,49-,50+,51-,52+,53-,54+,55+,56-,57+/m1/s1. The van der Waals surface area contributed by atoms with Crippen LogP contribution in [0.1, 0.15) is 33.4 Å². The van der Waals surface area contributed by atoms with E-state index in [2.05, 4.69) is 60.7 Å². The third-order valence-electron chi connectivity index (χ3n) is 13.5. The molecule has 0 amide bonds. The van der Waals surface area contributed by atoms with Crippen LogP contribution in [0.4, 0.5) is 0 Å². The molecule has 4 fully saturated rings. The Balaban J connectivity index is 0.968. The summed E-state index contributed by atoms with van der Waals surface area (Å²) >= 11 is 0. The number of ether oxygens (including phenoxy) is 9. The highest BCUT2D eigenvalue weighted by Crippen LogP contribution is 2.48. The number of methoxy groups -OCH3 is 1. The predicted molar refractivity (Wildman–Crippen MR) is 254 cm³/mol. The van der Waals surface area contributed by atoms with Gasteiger partial charge >= 0.3 is 0 Å². The average molecular weight is 920 g/mol. The van der Waals surface area contributed by atoms with E-state index in [9.17, 15) is 0 Å². The zero-order chi connectivity index (χ0) is 45.9. The maximum Gasteiger partial charge on any atom is 0.186 e. The molecule has 6 aromatic rings. The Labute approximate surface area is 399 Å². The normalized spacial score (nSPS) is 28.9. The maximum atomic E-state index is 7.22. The maximum absolute atomic E-state index is 7.22. The summed E-state index contributed by atoms with van der Waals surface area (Å²) in [6.45, 7) is 2.86. The summed E-state index contributed by atoms with van der Waals surface area (Å²) < 4.78 is 61.6. The second kappa shape index (κ2) is 23.0. The van der Waals surface area contributed by atoms with Gasteiger partial charge in [0.2, 0.25) is 0 Å². The largest absolute Gasteiger partial charge is 0.373 e. The van der Waals surface area contributed by atoms with Crippen LogP contribution >= 0.6 is 0 Å². The van der Waals surface area contributed by atoms with Gasteiger partial charge in [-0.15, -0.1) is 0 Å². The third kappa shape index (κ3) is 11.2. The fraction of sp³-hybridized carbons (Fsp3) is 0.368. The van der Waals surface area contributed by atoms with Crippen LogP contribution < -0.4 is 0 Å².